The van der Waals surface area contributed by atoms with Gasteiger partial charge in [-0.15, -0.1) is 11.3 Å². The molecule has 2 aromatic carbocycles. The lowest BCUT2D eigenvalue weighted by Gasteiger charge is -2.37. The fourth-order valence-electron chi connectivity index (χ4n) is 4.22. The summed E-state index contributed by atoms with van der Waals surface area (Å²) in [6.45, 7) is 5.03. The second-order valence-corrected chi connectivity index (χ2v) is 9.61. The number of hydrogen-bond acceptors (Lipinski definition) is 4. The number of carbonyl (C=O) groups excluding carboxylic acids is 2. The number of nitrogens with one attached hydrogen (secondary N) is 1. The van der Waals surface area contributed by atoms with E-state index < -0.39 is 5.82 Å². The maximum Gasteiger partial charge on any atom is 0.322 e. The van der Waals surface area contributed by atoms with Crippen molar-refractivity contribution in [3.05, 3.63) is 81.8 Å². The highest BCUT2D eigenvalue weighted by atomic mass is 32.1. The van der Waals surface area contributed by atoms with Gasteiger partial charge in [-0.2, -0.15) is 0 Å². The first-order chi connectivity index (χ1) is 17.0. The molecule has 2 heterocycles. The van der Waals surface area contributed by atoms with Gasteiger partial charge in [-0.25, -0.2) is 9.18 Å². The summed E-state index contributed by atoms with van der Waals surface area (Å²) in [5.74, 6) is -0.433. The molecule has 1 aromatic heterocycles. The SMILES string of the molecule is CCCN(CC(=O)N1CCc2sccc2[C@@H]1COc1ccccc1F)C(=O)Nc1ccc(C)cc1. The molecule has 0 saturated carbocycles. The summed E-state index contributed by atoms with van der Waals surface area (Å²) in [4.78, 5) is 31.0. The normalized spacial score (nSPS) is 14.8. The minimum Gasteiger partial charge on any atom is -0.488 e. The molecule has 0 saturated heterocycles. The minimum atomic E-state index is -0.436. The van der Waals surface area contributed by atoms with Crippen LogP contribution in [0, 0.1) is 12.7 Å². The Morgan fingerprint density at radius 3 is 2.69 bits per heavy atom. The molecular formula is C27H30FN3O3S. The van der Waals surface area contributed by atoms with E-state index in [1.54, 1.807) is 39.3 Å². The summed E-state index contributed by atoms with van der Waals surface area (Å²) in [5.41, 5.74) is 2.81. The molecule has 8 heteroatoms. The van der Waals surface area contributed by atoms with Gasteiger partial charge in [0.25, 0.3) is 0 Å². The van der Waals surface area contributed by atoms with Crippen LogP contribution in [-0.2, 0) is 11.2 Å². The van der Waals surface area contributed by atoms with Crippen LogP contribution in [0.3, 0.4) is 0 Å². The van der Waals surface area contributed by atoms with E-state index in [-0.39, 0.29) is 36.9 Å². The van der Waals surface area contributed by atoms with Crippen LogP contribution >= 0.6 is 11.3 Å². The highest BCUT2D eigenvalue weighted by molar-refractivity contribution is 7.10. The van der Waals surface area contributed by atoms with Crippen LogP contribution in [0.5, 0.6) is 5.75 Å². The summed E-state index contributed by atoms with van der Waals surface area (Å²) in [6, 6.07) is 15.2. The van der Waals surface area contributed by atoms with Gasteiger partial charge < -0.3 is 19.9 Å². The number of carbonyl (C=O) groups is 2. The number of benzene rings is 2. The summed E-state index contributed by atoms with van der Waals surface area (Å²) in [5, 5.41) is 4.90. The smallest absolute Gasteiger partial charge is 0.322 e. The van der Waals surface area contributed by atoms with E-state index in [0.29, 0.717) is 18.8 Å². The van der Waals surface area contributed by atoms with E-state index >= 15 is 0 Å². The van der Waals surface area contributed by atoms with E-state index in [0.717, 1.165) is 24.0 Å². The second-order valence-electron chi connectivity index (χ2n) is 8.61. The fraction of sp³-hybridized carbons (Fsp3) is 0.333. The number of rotatable bonds is 8. The fourth-order valence-corrected chi connectivity index (χ4v) is 5.15. The molecule has 35 heavy (non-hydrogen) atoms. The van der Waals surface area contributed by atoms with E-state index in [9.17, 15) is 14.0 Å². The highest BCUT2D eigenvalue weighted by Crippen LogP contribution is 2.34. The van der Waals surface area contributed by atoms with E-state index in [1.807, 2.05) is 49.6 Å². The summed E-state index contributed by atoms with van der Waals surface area (Å²) in [7, 11) is 0. The number of amides is 3. The number of aryl methyl sites for hydroxylation is 1. The molecule has 1 atom stereocenters. The molecule has 3 amide bonds. The van der Waals surface area contributed by atoms with Crippen LogP contribution < -0.4 is 10.1 Å². The third kappa shape index (κ3) is 6.00. The Morgan fingerprint density at radius 1 is 1.17 bits per heavy atom. The number of urea groups is 1. The van der Waals surface area contributed by atoms with Crippen molar-refractivity contribution in [3.8, 4) is 5.75 Å². The molecule has 0 spiro atoms. The van der Waals surface area contributed by atoms with Crippen molar-refractivity contribution < 1.29 is 18.7 Å². The molecule has 0 fully saturated rings. The molecule has 0 aliphatic carbocycles. The van der Waals surface area contributed by atoms with Crippen molar-refractivity contribution in [2.24, 2.45) is 0 Å². The number of fused-ring (bicyclic) bond motifs is 1. The van der Waals surface area contributed by atoms with Gasteiger partial charge in [-0.1, -0.05) is 36.8 Å². The minimum absolute atomic E-state index is 0.0405. The molecule has 1 aliphatic heterocycles. The van der Waals surface area contributed by atoms with Gasteiger partial charge in [0, 0.05) is 23.7 Å². The Labute approximate surface area is 209 Å². The molecule has 0 unspecified atom stereocenters. The molecular weight excluding hydrogens is 465 g/mol. The van der Waals surface area contributed by atoms with E-state index in [4.69, 9.17) is 4.74 Å². The Hall–Kier alpha value is -3.39. The molecule has 4 rings (SSSR count). The quantitative estimate of drug-likeness (QED) is 0.440. The lowest BCUT2D eigenvalue weighted by Crippen LogP contribution is -2.48. The van der Waals surface area contributed by atoms with Crippen LogP contribution in [0.4, 0.5) is 14.9 Å². The van der Waals surface area contributed by atoms with Crippen LogP contribution in [0.1, 0.15) is 35.4 Å². The number of hydrogen-bond donors (Lipinski definition) is 1. The summed E-state index contributed by atoms with van der Waals surface area (Å²) in [6.07, 6.45) is 1.47. The third-order valence-electron chi connectivity index (χ3n) is 6.06. The van der Waals surface area contributed by atoms with Gasteiger partial charge in [0.15, 0.2) is 11.6 Å². The molecule has 184 valence electrons. The number of nitrogens with zero attached hydrogens (tertiary/aromatic N) is 2. The van der Waals surface area contributed by atoms with Crippen molar-refractivity contribution in [1.82, 2.24) is 9.80 Å². The molecule has 6 nitrogen and oxygen atoms in total. The van der Waals surface area contributed by atoms with Gasteiger partial charge in [0.2, 0.25) is 5.91 Å². The first kappa shape index (κ1) is 24.7. The van der Waals surface area contributed by atoms with Crippen LogP contribution in [0.25, 0.3) is 0 Å². The van der Waals surface area contributed by atoms with Crippen molar-refractivity contribution in [2.75, 3.05) is 31.6 Å². The number of anilines is 1. The zero-order valence-electron chi connectivity index (χ0n) is 20.0. The zero-order chi connectivity index (χ0) is 24.8. The zero-order valence-corrected chi connectivity index (χ0v) is 20.8. The third-order valence-corrected chi connectivity index (χ3v) is 7.05. The van der Waals surface area contributed by atoms with Gasteiger partial charge >= 0.3 is 6.03 Å². The number of halogens is 1. The molecule has 0 radical (unpaired) electrons. The van der Waals surface area contributed by atoms with Crippen molar-refractivity contribution in [2.45, 2.75) is 32.7 Å². The predicted molar refractivity (Wildman–Crippen MR) is 136 cm³/mol. The number of para-hydroxylation sites is 1. The molecule has 3 aromatic rings. The van der Waals surface area contributed by atoms with Gasteiger partial charge in [-0.05, 0) is 61.0 Å². The Bertz CT molecular complexity index is 1160. The first-order valence-corrected chi connectivity index (χ1v) is 12.7. The summed E-state index contributed by atoms with van der Waals surface area (Å²) >= 11 is 1.65. The summed E-state index contributed by atoms with van der Waals surface area (Å²) < 4.78 is 19.9. The van der Waals surface area contributed by atoms with Gasteiger partial charge in [0.05, 0.1) is 6.04 Å². The average molecular weight is 496 g/mol. The van der Waals surface area contributed by atoms with Crippen molar-refractivity contribution >= 4 is 29.0 Å². The lowest BCUT2D eigenvalue weighted by molar-refractivity contribution is -0.135. The van der Waals surface area contributed by atoms with E-state index in [1.165, 1.54) is 10.9 Å². The Kier molecular flexibility index (Phi) is 8.02. The van der Waals surface area contributed by atoms with Crippen LogP contribution in [0.15, 0.2) is 60.0 Å². The largest absolute Gasteiger partial charge is 0.488 e. The lowest BCUT2D eigenvalue weighted by atomic mass is 10.0. The molecule has 1 N–H and O–H groups in total. The standard InChI is InChI=1S/C27H30FN3O3S/c1-3-14-30(27(33)29-20-10-8-19(2)9-11-20)17-26(32)31-15-12-25-21(13-16-35-25)23(31)18-34-24-7-5-4-6-22(24)28/h4-11,13,16,23H,3,12,14-15,17-18H2,1-2H3,(H,29,33)/t23-/m0/s1. The second kappa shape index (κ2) is 11.4. The predicted octanol–water partition coefficient (Wildman–Crippen LogP) is 5.64. The molecule has 0 bridgehead atoms. The topological polar surface area (TPSA) is 61.9 Å². The molecule has 1 aliphatic rings. The van der Waals surface area contributed by atoms with Crippen molar-refractivity contribution in [1.29, 1.82) is 0 Å². The monoisotopic (exact) mass is 495 g/mol. The first-order valence-electron chi connectivity index (χ1n) is 11.8. The highest BCUT2D eigenvalue weighted by Gasteiger charge is 2.33. The maximum atomic E-state index is 14.1. The Balaban J connectivity index is 1.48. The van der Waals surface area contributed by atoms with Crippen molar-refractivity contribution in [3.63, 3.8) is 0 Å². The van der Waals surface area contributed by atoms with Crippen LogP contribution in [0.2, 0.25) is 0 Å². The number of thiophene rings is 1. The number of ether oxygens (including phenoxy) is 1. The van der Waals surface area contributed by atoms with E-state index in [2.05, 4.69) is 5.32 Å². The van der Waals surface area contributed by atoms with Gasteiger partial charge in [0.1, 0.15) is 13.2 Å². The van der Waals surface area contributed by atoms with Gasteiger partial charge in [-0.3, -0.25) is 4.79 Å². The average Bonchev–Trinajstić information content (AvgIpc) is 3.33. The maximum absolute atomic E-state index is 14.1. The van der Waals surface area contributed by atoms with Crippen LogP contribution in [-0.4, -0.2) is 48.0 Å². The Morgan fingerprint density at radius 2 is 1.94 bits per heavy atom.